The van der Waals surface area contributed by atoms with E-state index in [1.807, 2.05) is 29.7 Å². The number of carbonyl (C=O) groups is 3. The third-order valence-electron chi connectivity index (χ3n) is 7.08. The fourth-order valence-corrected chi connectivity index (χ4v) is 5.88. The number of ether oxygens (including phenoxy) is 2. The maximum atomic E-state index is 13.6. The van der Waals surface area contributed by atoms with E-state index in [4.69, 9.17) is 9.47 Å². The van der Waals surface area contributed by atoms with Crippen molar-refractivity contribution < 1.29 is 29.0 Å². The fraction of sp³-hybridized carbons (Fsp3) is 0.300. The zero-order valence-electron chi connectivity index (χ0n) is 23.4. The zero-order chi connectivity index (χ0) is 29.4. The molecule has 4 heterocycles. The summed E-state index contributed by atoms with van der Waals surface area (Å²) >= 11 is 0.947. The van der Waals surface area contributed by atoms with Crippen molar-refractivity contribution in [2.75, 3.05) is 18.6 Å². The van der Waals surface area contributed by atoms with Crippen molar-refractivity contribution in [3.05, 3.63) is 81.3 Å². The van der Waals surface area contributed by atoms with Crippen LogP contribution in [0, 0.1) is 20.8 Å². The fourth-order valence-electron chi connectivity index (χ4n) is 4.87. The van der Waals surface area contributed by atoms with Gasteiger partial charge in [0.2, 0.25) is 0 Å². The number of nitrogens with zero attached hydrogens (tertiary/aromatic N) is 4. The van der Waals surface area contributed by atoms with Gasteiger partial charge in [-0.1, -0.05) is 42.9 Å². The van der Waals surface area contributed by atoms with Crippen LogP contribution in [0.15, 0.2) is 48.2 Å². The number of Topliss-reactive ketones (excluding diaryl/α,β-unsaturated/α-hetero) is 1. The van der Waals surface area contributed by atoms with E-state index in [1.165, 1.54) is 12.0 Å². The molecule has 212 valence electrons. The number of rotatable bonds is 8. The lowest BCUT2D eigenvalue weighted by Gasteiger charge is -2.23. The van der Waals surface area contributed by atoms with Gasteiger partial charge in [0.1, 0.15) is 22.0 Å². The van der Waals surface area contributed by atoms with Crippen LogP contribution in [-0.2, 0) is 14.3 Å². The summed E-state index contributed by atoms with van der Waals surface area (Å²) in [6.45, 7) is 7.96. The predicted molar refractivity (Wildman–Crippen MR) is 154 cm³/mol. The number of aliphatic hydroxyl groups excluding tert-OH is 1. The van der Waals surface area contributed by atoms with Gasteiger partial charge in [0.05, 0.1) is 36.7 Å². The molecule has 4 aromatic rings. The number of esters is 1. The van der Waals surface area contributed by atoms with Gasteiger partial charge < -0.3 is 19.0 Å². The van der Waals surface area contributed by atoms with Gasteiger partial charge in [-0.3, -0.25) is 14.5 Å². The van der Waals surface area contributed by atoms with Crippen LogP contribution in [0.2, 0.25) is 0 Å². The molecule has 0 radical (unpaired) electrons. The Balaban J connectivity index is 1.68. The van der Waals surface area contributed by atoms with Gasteiger partial charge in [-0.25, -0.2) is 14.8 Å². The molecule has 10 nitrogen and oxygen atoms in total. The average Bonchev–Trinajstić information content (AvgIpc) is 3.60. The molecule has 3 aromatic heterocycles. The number of methoxy groups -OCH3 is 1. The van der Waals surface area contributed by atoms with Crippen LogP contribution in [0.5, 0.6) is 5.75 Å². The van der Waals surface area contributed by atoms with E-state index in [0.717, 1.165) is 29.7 Å². The molecule has 1 fully saturated rings. The Morgan fingerprint density at radius 3 is 2.49 bits per heavy atom. The monoisotopic (exact) mass is 574 g/mol. The van der Waals surface area contributed by atoms with Crippen LogP contribution < -0.4 is 9.64 Å². The van der Waals surface area contributed by atoms with Crippen molar-refractivity contribution in [2.24, 2.45) is 0 Å². The van der Waals surface area contributed by atoms with Crippen molar-refractivity contribution in [1.29, 1.82) is 0 Å². The molecule has 1 aliphatic rings. The molecule has 0 saturated carbocycles. The number of fused-ring (bicyclic) bond motifs is 1. The second kappa shape index (κ2) is 11.2. The number of unbranched alkanes of at least 4 members (excludes halogenated alkanes) is 1. The van der Waals surface area contributed by atoms with Crippen LogP contribution in [-0.4, -0.2) is 50.9 Å². The number of anilines is 1. The Bertz CT molecular complexity index is 1700. The Kier molecular flexibility index (Phi) is 7.63. The molecule has 1 saturated heterocycles. The second-order valence-electron chi connectivity index (χ2n) is 9.77. The molecule has 1 atom stereocenters. The molecule has 41 heavy (non-hydrogen) atoms. The van der Waals surface area contributed by atoms with Gasteiger partial charge in [-0.2, -0.15) is 0 Å². The first-order valence-electron chi connectivity index (χ1n) is 13.2. The van der Waals surface area contributed by atoms with Gasteiger partial charge in [0.25, 0.3) is 5.78 Å². The topological polar surface area (TPSA) is 123 Å². The van der Waals surface area contributed by atoms with E-state index in [-0.39, 0.29) is 27.0 Å². The summed E-state index contributed by atoms with van der Waals surface area (Å²) in [4.78, 5) is 50.0. The summed E-state index contributed by atoms with van der Waals surface area (Å²) in [5.74, 6) is -2.09. The number of hydrogen-bond donors (Lipinski definition) is 1. The van der Waals surface area contributed by atoms with Crippen molar-refractivity contribution >= 4 is 45.5 Å². The Hall–Kier alpha value is -4.51. The number of aryl methyl sites for hydroxylation is 3. The molecule has 11 heteroatoms. The molecule has 1 unspecified atom stereocenters. The molecule has 0 bridgehead atoms. The average molecular weight is 575 g/mol. The van der Waals surface area contributed by atoms with Crippen molar-refractivity contribution in [2.45, 2.75) is 46.6 Å². The lowest BCUT2D eigenvalue weighted by molar-refractivity contribution is -0.132. The minimum atomic E-state index is -1.03. The van der Waals surface area contributed by atoms with Gasteiger partial charge in [-0.05, 0) is 56.5 Å². The smallest absolute Gasteiger partial charge is 0.350 e. The van der Waals surface area contributed by atoms with E-state index >= 15 is 0 Å². The molecule has 1 aliphatic heterocycles. The Labute approximate surface area is 240 Å². The maximum absolute atomic E-state index is 13.6. The molecule has 0 spiro atoms. The number of amides is 1. The van der Waals surface area contributed by atoms with E-state index in [0.29, 0.717) is 35.0 Å². The summed E-state index contributed by atoms with van der Waals surface area (Å²) in [5, 5.41) is 11.8. The first kappa shape index (κ1) is 28.0. The SMILES string of the molecule is CCCCOc1ccc(C2C(=C(O)c3nc4c(C)cccn4c3C)C(=O)C(=O)N2c2nc(C)c(C(=O)OC)s2)cc1. The summed E-state index contributed by atoms with van der Waals surface area (Å²) in [7, 11) is 1.26. The van der Waals surface area contributed by atoms with Crippen LogP contribution in [0.3, 0.4) is 0 Å². The lowest BCUT2D eigenvalue weighted by Crippen LogP contribution is -2.29. The highest BCUT2D eigenvalue weighted by Gasteiger charge is 2.49. The van der Waals surface area contributed by atoms with Gasteiger partial charge >= 0.3 is 11.9 Å². The van der Waals surface area contributed by atoms with Crippen LogP contribution in [0.1, 0.15) is 63.7 Å². The second-order valence-corrected chi connectivity index (χ2v) is 10.8. The maximum Gasteiger partial charge on any atom is 0.350 e. The third-order valence-corrected chi connectivity index (χ3v) is 8.21. The molecule has 1 aromatic carbocycles. The number of benzene rings is 1. The van der Waals surface area contributed by atoms with Crippen molar-refractivity contribution in [1.82, 2.24) is 14.4 Å². The molecular formula is C30H30N4O6S. The molecule has 1 amide bonds. The number of imidazole rings is 1. The summed E-state index contributed by atoms with van der Waals surface area (Å²) in [6.07, 6.45) is 3.72. The van der Waals surface area contributed by atoms with Crippen molar-refractivity contribution in [3.8, 4) is 5.75 Å². The zero-order valence-corrected chi connectivity index (χ0v) is 24.2. The molecular weight excluding hydrogens is 544 g/mol. The van der Waals surface area contributed by atoms with Crippen LogP contribution in [0.25, 0.3) is 11.4 Å². The van der Waals surface area contributed by atoms with E-state index in [1.54, 1.807) is 38.1 Å². The number of hydrogen-bond acceptors (Lipinski definition) is 9. The van der Waals surface area contributed by atoms with Crippen LogP contribution >= 0.6 is 11.3 Å². The van der Waals surface area contributed by atoms with Gasteiger partial charge in [0.15, 0.2) is 10.9 Å². The number of aromatic nitrogens is 3. The first-order valence-corrected chi connectivity index (χ1v) is 14.0. The molecule has 1 N–H and O–H groups in total. The number of ketones is 1. The highest BCUT2D eigenvalue weighted by Crippen LogP contribution is 2.44. The quantitative estimate of drug-likeness (QED) is 0.0988. The Morgan fingerprint density at radius 2 is 1.83 bits per heavy atom. The summed E-state index contributed by atoms with van der Waals surface area (Å²) < 4.78 is 12.5. The summed E-state index contributed by atoms with van der Waals surface area (Å²) in [5.41, 5.74) is 3.13. The molecule has 5 rings (SSSR count). The predicted octanol–water partition coefficient (Wildman–Crippen LogP) is 5.31. The Morgan fingerprint density at radius 1 is 1.10 bits per heavy atom. The first-order chi connectivity index (χ1) is 19.7. The summed E-state index contributed by atoms with van der Waals surface area (Å²) in [6, 6.07) is 9.77. The van der Waals surface area contributed by atoms with Gasteiger partial charge in [-0.15, -0.1) is 0 Å². The van der Waals surface area contributed by atoms with Crippen LogP contribution in [0.4, 0.5) is 5.13 Å². The number of carbonyl (C=O) groups excluding carboxylic acids is 3. The van der Waals surface area contributed by atoms with E-state index in [9.17, 15) is 19.5 Å². The lowest BCUT2D eigenvalue weighted by atomic mass is 9.96. The van der Waals surface area contributed by atoms with E-state index < -0.39 is 23.7 Å². The number of pyridine rings is 1. The highest BCUT2D eigenvalue weighted by molar-refractivity contribution is 7.17. The highest BCUT2D eigenvalue weighted by atomic mass is 32.1. The third kappa shape index (κ3) is 4.86. The number of aliphatic hydroxyl groups is 1. The normalized spacial score (nSPS) is 16.5. The number of thiazole rings is 1. The standard InChI is InChI=1S/C30H30N4O6S/c1-6-7-15-40-20-12-10-19(11-13-20)23-21(24(35)22-18(4)33-14-8-9-16(2)27(33)32-22)25(36)28(37)34(23)30-31-17(3)26(41-30)29(38)39-5/h8-14,23,35H,6-7,15H2,1-5H3. The van der Waals surface area contributed by atoms with Gasteiger partial charge in [0, 0.05) is 6.20 Å². The van der Waals surface area contributed by atoms with E-state index in [2.05, 4.69) is 16.9 Å². The minimum absolute atomic E-state index is 0.119. The largest absolute Gasteiger partial charge is 0.505 e. The molecule has 0 aliphatic carbocycles. The van der Waals surface area contributed by atoms with Crippen molar-refractivity contribution in [3.63, 3.8) is 0 Å². The minimum Gasteiger partial charge on any atom is -0.505 e.